The molecular formula is C16H26N2OS. The molecule has 0 N–H and O–H groups in total. The number of aryl methyl sites for hydroxylation is 1. The second kappa shape index (κ2) is 5.94. The van der Waals surface area contributed by atoms with Crippen LogP contribution in [0.2, 0.25) is 0 Å². The van der Waals surface area contributed by atoms with Gasteiger partial charge < -0.3 is 4.57 Å². The first-order valence-corrected chi connectivity index (χ1v) is 8.39. The Morgan fingerprint density at radius 1 is 1.40 bits per heavy atom. The van der Waals surface area contributed by atoms with Crippen LogP contribution in [0.25, 0.3) is 0 Å². The molecule has 0 bridgehead atoms. The van der Waals surface area contributed by atoms with Gasteiger partial charge in [-0.2, -0.15) is 11.8 Å². The fraction of sp³-hybridized carbons (Fsp3) is 0.688. The van der Waals surface area contributed by atoms with E-state index >= 15 is 0 Å². The van der Waals surface area contributed by atoms with Crippen LogP contribution >= 0.6 is 11.8 Å². The van der Waals surface area contributed by atoms with Gasteiger partial charge in [0.1, 0.15) is 0 Å². The van der Waals surface area contributed by atoms with Gasteiger partial charge in [-0.1, -0.05) is 0 Å². The van der Waals surface area contributed by atoms with Crippen molar-refractivity contribution in [2.75, 3.05) is 25.4 Å². The fourth-order valence-electron chi connectivity index (χ4n) is 3.11. The van der Waals surface area contributed by atoms with Gasteiger partial charge in [0.05, 0.1) is 6.54 Å². The maximum atomic E-state index is 12.6. The van der Waals surface area contributed by atoms with Gasteiger partial charge in [-0.05, 0) is 40.7 Å². The van der Waals surface area contributed by atoms with Gasteiger partial charge in [0, 0.05) is 47.1 Å². The molecule has 4 heteroatoms. The Kier molecular flexibility index (Phi) is 4.65. The van der Waals surface area contributed by atoms with E-state index in [1.807, 2.05) is 17.8 Å². The summed E-state index contributed by atoms with van der Waals surface area (Å²) >= 11 is 2.00. The van der Waals surface area contributed by atoms with E-state index in [1.54, 1.807) is 0 Å². The van der Waals surface area contributed by atoms with E-state index in [-0.39, 0.29) is 10.5 Å². The average Bonchev–Trinajstić information content (AvgIpc) is 2.63. The Bertz CT molecular complexity index is 505. The second-order valence-electron chi connectivity index (χ2n) is 6.27. The highest BCUT2D eigenvalue weighted by Gasteiger charge is 2.28. The van der Waals surface area contributed by atoms with Crippen LogP contribution in [-0.2, 0) is 6.54 Å². The summed E-state index contributed by atoms with van der Waals surface area (Å²) in [5.74, 6) is 1.38. The molecule has 0 saturated carbocycles. The third-order valence-corrected chi connectivity index (χ3v) is 5.36. The summed E-state index contributed by atoms with van der Waals surface area (Å²) in [6.45, 7) is 14.3. The highest BCUT2D eigenvalue weighted by Crippen LogP contribution is 2.29. The van der Waals surface area contributed by atoms with Crippen LogP contribution in [0.4, 0.5) is 0 Å². The molecule has 2 heterocycles. The number of thioether (sulfide) groups is 1. The van der Waals surface area contributed by atoms with Crippen molar-refractivity contribution in [2.24, 2.45) is 0 Å². The van der Waals surface area contributed by atoms with Crippen molar-refractivity contribution in [2.45, 2.75) is 45.9 Å². The van der Waals surface area contributed by atoms with Crippen molar-refractivity contribution in [3.8, 4) is 0 Å². The lowest BCUT2D eigenvalue weighted by Crippen LogP contribution is -2.45. The molecule has 1 aliphatic rings. The summed E-state index contributed by atoms with van der Waals surface area (Å²) < 4.78 is 2.47. The maximum Gasteiger partial charge on any atom is 0.178 e. The van der Waals surface area contributed by atoms with E-state index in [9.17, 15) is 4.79 Å². The lowest BCUT2D eigenvalue weighted by Gasteiger charge is -2.37. The predicted octanol–water partition coefficient (Wildman–Crippen LogP) is 3.13. The first-order valence-electron chi connectivity index (χ1n) is 7.40. The maximum absolute atomic E-state index is 12.6. The minimum absolute atomic E-state index is 0.263. The molecule has 0 spiro atoms. The molecule has 1 aromatic rings. The minimum Gasteiger partial charge on any atom is -0.349 e. The van der Waals surface area contributed by atoms with Crippen molar-refractivity contribution < 1.29 is 4.79 Å². The third kappa shape index (κ3) is 3.29. The van der Waals surface area contributed by atoms with E-state index in [4.69, 9.17) is 0 Å². The van der Waals surface area contributed by atoms with E-state index in [0.29, 0.717) is 6.54 Å². The molecule has 1 aromatic heterocycles. The summed E-state index contributed by atoms with van der Waals surface area (Å²) in [6, 6.07) is 2.05. The largest absolute Gasteiger partial charge is 0.349 e. The van der Waals surface area contributed by atoms with Gasteiger partial charge in [0.2, 0.25) is 0 Å². The summed E-state index contributed by atoms with van der Waals surface area (Å²) in [5, 5.41) is 0. The zero-order chi connectivity index (χ0) is 14.9. The van der Waals surface area contributed by atoms with Crippen molar-refractivity contribution in [1.82, 2.24) is 9.47 Å². The molecule has 112 valence electrons. The zero-order valence-corrected chi connectivity index (χ0v) is 14.1. The smallest absolute Gasteiger partial charge is 0.178 e. The summed E-state index contributed by atoms with van der Waals surface area (Å²) in [4.78, 5) is 14.9. The van der Waals surface area contributed by atoms with Crippen molar-refractivity contribution in [3.05, 3.63) is 23.0 Å². The summed E-state index contributed by atoms with van der Waals surface area (Å²) in [5.41, 5.74) is 3.20. The molecule has 0 aliphatic carbocycles. The number of hydrogen-bond donors (Lipinski definition) is 0. The van der Waals surface area contributed by atoms with Crippen molar-refractivity contribution in [1.29, 1.82) is 0 Å². The monoisotopic (exact) mass is 294 g/mol. The number of carbonyl (C=O) groups excluding carboxylic acids is 1. The SMILES string of the molecule is CCn1c(C)cc(C(=O)CN2CCSC(C)(C)C2)c1C. The van der Waals surface area contributed by atoms with Gasteiger partial charge in [-0.15, -0.1) is 0 Å². The van der Waals surface area contributed by atoms with Crippen LogP contribution in [-0.4, -0.2) is 45.4 Å². The highest BCUT2D eigenvalue weighted by molar-refractivity contribution is 8.00. The number of Topliss-reactive ketones (excluding diaryl/α,β-unsaturated/α-hetero) is 1. The number of hydrogen-bond acceptors (Lipinski definition) is 3. The van der Waals surface area contributed by atoms with Crippen LogP contribution in [0.1, 0.15) is 42.5 Å². The molecule has 2 rings (SSSR count). The van der Waals surface area contributed by atoms with Crippen LogP contribution in [0.5, 0.6) is 0 Å². The van der Waals surface area contributed by atoms with Gasteiger partial charge in [-0.25, -0.2) is 0 Å². The molecule has 0 radical (unpaired) electrons. The summed E-state index contributed by atoms with van der Waals surface area (Å²) in [6.07, 6.45) is 0. The molecule has 0 aromatic carbocycles. The van der Waals surface area contributed by atoms with Gasteiger partial charge in [0.15, 0.2) is 5.78 Å². The van der Waals surface area contributed by atoms with E-state index < -0.39 is 0 Å². The Labute approximate surface area is 126 Å². The Balaban J connectivity index is 2.09. The lowest BCUT2D eigenvalue weighted by atomic mass is 10.1. The number of rotatable bonds is 4. The quantitative estimate of drug-likeness (QED) is 0.798. The zero-order valence-electron chi connectivity index (χ0n) is 13.3. The summed E-state index contributed by atoms with van der Waals surface area (Å²) in [7, 11) is 0. The molecule has 3 nitrogen and oxygen atoms in total. The van der Waals surface area contributed by atoms with Gasteiger partial charge >= 0.3 is 0 Å². The van der Waals surface area contributed by atoms with Crippen LogP contribution in [0.3, 0.4) is 0 Å². The first-order chi connectivity index (χ1) is 9.34. The molecule has 20 heavy (non-hydrogen) atoms. The number of carbonyl (C=O) groups is 1. The van der Waals surface area contributed by atoms with Crippen LogP contribution < -0.4 is 0 Å². The molecule has 0 atom stereocenters. The topological polar surface area (TPSA) is 25.2 Å². The average molecular weight is 294 g/mol. The van der Waals surface area contributed by atoms with Gasteiger partial charge in [-0.3, -0.25) is 9.69 Å². The standard InChI is InChI=1S/C16H26N2OS/c1-6-18-12(2)9-14(13(18)3)15(19)10-17-7-8-20-16(4,5)11-17/h9H,6-8,10-11H2,1-5H3. The fourth-order valence-corrected chi connectivity index (χ4v) is 4.28. The molecule has 1 fully saturated rings. The molecule has 1 saturated heterocycles. The normalized spacial score (nSPS) is 19.2. The van der Waals surface area contributed by atoms with Crippen LogP contribution in [0.15, 0.2) is 6.07 Å². The van der Waals surface area contributed by atoms with Crippen molar-refractivity contribution in [3.63, 3.8) is 0 Å². The molecule has 0 unspecified atom stereocenters. The van der Waals surface area contributed by atoms with E-state index in [1.165, 1.54) is 5.69 Å². The number of nitrogens with zero attached hydrogens (tertiary/aromatic N) is 2. The van der Waals surface area contributed by atoms with E-state index in [0.717, 1.165) is 36.6 Å². The first kappa shape index (κ1) is 15.6. The van der Waals surface area contributed by atoms with Crippen molar-refractivity contribution >= 4 is 17.5 Å². The van der Waals surface area contributed by atoms with Gasteiger partial charge in [0.25, 0.3) is 0 Å². The highest BCUT2D eigenvalue weighted by atomic mass is 32.2. The van der Waals surface area contributed by atoms with E-state index in [2.05, 4.69) is 44.1 Å². The Hall–Kier alpha value is -0.740. The molecule has 1 aliphatic heterocycles. The number of aromatic nitrogens is 1. The second-order valence-corrected chi connectivity index (χ2v) is 8.07. The molecule has 0 amide bonds. The Morgan fingerprint density at radius 3 is 2.65 bits per heavy atom. The third-order valence-electron chi connectivity index (χ3n) is 4.06. The lowest BCUT2D eigenvalue weighted by molar-refractivity contribution is 0.0927. The van der Waals surface area contributed by atoms with Crippen LogP contribution in [0, 0.1) is 13.8 Å². The number of ketones is 1. The Morgan fingerprint density at radius 2 is 2.10 bits per heavy atom. The predicted molar refractivity (Wildman–Crippen MR) is 86.9 cm³/mol. The molecular weight excluding hydrogens is 268 g/mol. The minimum atomic E-state index is 0.263.